The Hall–Kier alpha value is -1.52. The molecule has 0 spiro atoms. The molecule has 1 saturated carbocycles. The first kappa shape index (κ1) is 15.5. The van der Waals surface area contributed by atoms with Crippen LogP contribution in [0.5, 0.6) is 0 Å². The van der Waals surface area contributed by atoms with E-state index < -0.39 is 5.97 Å². The number of hydrogen-bond donors (Lipinski definition) is 3. The zero-order chi connectivity index (χ0) is 14.3. The number of hydrogen-bond acceptors (Lipinski definition) is 2. The lowest BCUT2D eigenvalue weighted by atomic mass is 9.82. The highest BCUT2D eigenvalue weighted by Crippen LogP contribution is 2.28. The molecule has 108 valence electrons. The first-order chi connectivity index (χ1) is 8.99. The number of rotatable bonds is 5. The van der Waals surface area contributed by atoms with E-state index in [2.05, 4.69) is 10.6 Å². The molecular weight excluding hydrogens is 244 g/mol. The fourth-order valence-corrected chi connectivity index (χ4v) is 2.26. The van der Waals surface area contributed by atoms with Gasteiger partial charge in [-0.05, 0) is 45.4 Å². The average molecular weight is 268 g/mol. The second-order valence-electron chi connectivity index (χ2n) is 5.43. The lowest BCUT2D eigenvalue weighted by Gasteiger charge is -2.26. The third-order valence-electron chi connectivity index (χ3n) is 3.52. The number of aliphatic carboxylic acids is 1. The maximum absolute atomic E-state index is 11.5. The fraction of sp³-hybridized carbons (Fsp3) is 0.714. The highest BCUT2D eigenvalue weighted by Gasteiger charge is 2.25. The van der Waals surface area contributed by atoms with Gasteiger partial charge in [0.05, 0.1) is 5.92 Å². The summed E-state index contributed by atoms with van der Waals surface area (Å²) in [4.78, 5) is 22.3. The van der Waals surface area contributed by atoms with Gasteiger partial charge in [0.15, 0.2) is 0 Å². The topological polar surface area (TPSA) is 78.4 Å². The van der Waals surface area contributed by atoms with Crippen LogP contribution in [-0.2, 0) is 4.79 Å². The summed E-state index contributed by atoms with van der Waals surface area (Å²) in [5.41, 5.74) is 1.17. The van der Waals surface area contributed by atoms with Gasteiger partial charge >= 0.3 is 12.0 Å². The summed E-state index contributed by atoms with van der Waals surface area (Å²) >= 11 is 0. The Morgan fingerprint density at radius 2 is 1.79 bits per heavy atom. The van der Waals surface area contributed by atoms with Gasteiger partial charge in [0.1, 0.15) is 0 Å². The van der Waals surface area contributed by atoms with Crippen molar-refractivity contribution in [3.63, 3.8) is 0 Å². The molecule has 1 rings (SSSR count). The summed E-state index contributed by atoms with van der Waals surface area (Å²) in [7, 11) is 0. The molecule has 5 nitrogen and oxygen atoms in total. The summed E-state index contributed by atoms with van der Waals surface area (Å²) in [6.07, 6.45) is 5.16. The lowest BCUT2D eigenvalue weighted by molar-refractivity contribution is -0.143. The highest BCUT2D eigenvalue weighted by molar-refractivity contribution is 5.74. The summed E-state index contributed by atoms with van der Waals surface area (Å²) in [5, 5.41) is 14.5. The van der Waals surface area contributed by atoms with Crippen LogP contribution in [0.1, 0.15) is 39.5 Å². The minimum Gasteiger partial charge on any atom is -0.481 e. The van der Waals surface area contributed by atoms with Crippen molar-refractivity contribution in [3.05, 3.63) is 11.6 Å². The molecule has 19 heavy (non-hydrogen) atoms. The standard InChI is InChI=1S/C14H24N2O3/c1-10(2)7-8-15-14(19)16-9-11-3-5-12(6-4-11)13(17)18/h7,11-12H,3-6,8-9H2,1-2H3,(H,17,18)(H2,15,16,19). The summed E-state index contributed by atoms with van der Waals surface area (Å²) in [6, 6.07) is -0.155. The van der Waals surface area contributed by atoms with E-state index in [-0.39, 0.29) is 11.9 Å². The highest BCUT2D eigenvalue weighted by atomic mass is 16.4. The molecule has 0 aliphatic heterocycles. The van der Waals surface area contributed by atoms with Crippen molar-refractivity contribution in [2.75, 3.05) is 13.1 Å². The zero-order valence-electron chi connectivity index (χ0n) is 11.7. The predicted octanol–water partition coefficient (Wildman–Crippen LogP) is 2.14. The summed E-state index contributed by atoms with van der Waals surface area (Å²) < 4.78 is 0. The van der Waals surface area contributed by atoms with Gasteiger partial charge in [-0.25, -0.2) is 4.79 Å². The molecule has 0 aromatic heterocycles. The molecule has 0 unspecified atom stereocenters. The summed E-state index contributed by atoms with van der Waals surface area (Å²) in [5.74, 6) is -0.474. The molecule has 0 aromatic rings. The van der Waals surface area contributed by atoms with Crippen LogP contribution in [0.15, 0.2) is 11.6 Å². The van der Waals surface area contributed by atoms with Crippen LogP contribution >= 0.6 is 0 Å². The fourth-order valence-electron chi connectivity index (χ4n) is 2.26. The van der Waals surface area contributed by atoms with E-state index in [0.717, 1.165) is 25.7 Å². The number of allylic oxidation sites excluding steroid dienone is 1. The van der Waals surface area contributed by atoms with Crippen LogP contribution in [0.2, 0.25) is 0 Å². The maximum atomic E-state index is 11.5. The first-order valence-corrected chi connectivity index (χ1v) is 6.87. The van der Waals surface area contributed by atoms with Crippen molar-refractivity contribution in [2.45, 2.75) is 39.5 Å². The number of amides is 2. The van der Waals surface area contributed by atoms with E-state index in [4.69, 9.17) is 5.11 Å². The van der Waals surface area contributed by atoms with Crippen LogP contribution < -0.4 is 10.6 Å². The predicted molar refractivity (Wildman–Crippen MR) is 73.9 cm³/mol. The van der Waals surface area contributed by atoms with Crippen molar-refractivity contribution in [3.8, 4) is 0 Å². The number of carbonyl (C=O) groups is 2. The minimum absolute atomic E-state index is 0.155. The Labute approximate surface area is 114 Å². The Kier molecular flexibility index (Phi) is 6.39. The molecule has 0 heterocycles. The van der Waals surface area contributed by atoms with E-state index in [1.807, 2.05) is 19.9 Å². The van der Waals surface area contributed by atoms with Crippen molar-refractivity contribution >= 4 is 12.0 Å². The second-order valence-corrected chi connectivity index (χ2v) is 5.43. The smallest absolute Gasteiger partial charge is 0.315 e. The molecule has 3 N–H and O–H groups in total. The molecule has 0 saturated heterocycles. The Morgan fingerprint density at radius 3 is 2.32 bits per heavy atom. The van der Waals surface area contributed by atoms with Gasteiger partial charge in [-0.2, -0.15) is 0 Å². The van der Waals surface area contributed by atoms with Gasteiger partial charge in [-0.15, -0.1) is 0 Å². The number of carbonyl (C=O) groups excluding carboxylic acids is 1. The Balaban J connectivity index is 2.15. The third kappa shape index (κ3) is 6.27. The number of urea groups is 1. The van der Waals surface area contributed by atoms with Gasteiger partial charge < -0.3 is 15.7 Å². The van der Waals surface area contributed by atoms with E-state index in [1.54, 1.807) is 0 Å². The third-order valence-corrected chi connectivity index (χ3v) is 3.52. The lowest BCUT2D eigenvalue weighted by Crippen LogP contribution is -2.39. The minimum atomic E-state index is -0.689. The van der Waals surface area contributed by atoms with Gasteiger partial charge in [-0.1, -0.05) is 11.6 Å². The number of carboxylic acid groups (broad SMARTS) is 1. The van der Waals surface area contributed by atoms with Crippen molar-refractivity contribution in [2.24, 2.45) is 11.8 Å². The Morgan fingerprint density at radius 1 is 1.16 bits per heavy atom. The molecule has 5 heteroatoms. The summed E-state index contributed by atoms with van der Waals surface area (Å²) in [6.45, 7) is 5.15. The number of nitrogens with one attached hydrogen (secondary N) is 2. The normalized spacial score (nSPS) is 22.4. The van der Waals surface area contributed by atoms with Crippen LogP contribution in [0.4, 0.5) is 4.79 Å². The van der Waals surface area contributed by atoms with Crippen molar-refractivity contribution in [1.82, 2.24) is 10.6 Å². The average Bonchev–Trinajstić information content (AvgIpc) is 2.36. The largest absolute Gasteiger partial charge is 0.481 e. The quantitative estimate of drug-likeness (QED) is 0.668. The van der Waals surface area contributed by atoms with E-state index >= 15 is 0 Å². The SMILES string of the molecule is CC(C)=CCNC(=O)NCC1CCC(C(=O)O)CC1. The molecular formula is C14H24N2O3. The molecule has 1 aliphatic carbocycles. The maximum Gasteiger partial charge on any atom is 0.315 e. The van der Waals surface area contributed by atoms with Crippen LogP contribution in [0, 0.1) is 11.8 Å². The van der Waals surface area contributed by atoms with Gasteiger partial charge in [-0.3, -0.25) is 4.79 Å². The van der Waals surface area contributed by atoms with Crippen molar-refractivity contribution in [1.29, 1.82) is 0 Å². The van der Waals surface area contributed by atoms with Gasteiger partial charge in [0.25, 0.3) is 0 Å². The second kappa shape index (κ2) is 7.81. The monoisotopic (exact) mass is 268 g/mol. The van der Waals surface area contributed by atoms with Crippen LogP contribution in [-0.4, -0.2) is 30.2 Å². The van der Waals surface area contributed by atoms with E-state index in [1.165, 1.54) is 5.57 Å². The van der Waals surface area contributed by atoms with Crippen LogP contribution in [0.3, 0.4) is 0 Å². The van der Waals surface area contributed by atoms with Crippen molar-refractivity contribution < 1.29 is 14.7 Å². The molecule has 2 amide bonds. The first-order valence-electron chi connectivity index (χ1n) is 6.87. The molecule has 1 aliphatic rings. The molecule has 0 bridgehead atoms. The molecule has 0 radical (unpaired) electrons. The van der Waals surface area contributed by atoms with E-state index in [9.17, 15) is 9.59 Å². The molecule has 0 aromatic carbocycles. The zero-order valence-corrected chi connectivity index (χ0v) is 11.7. The molecule has 1 fully saturated rings. The van der Waals surface area contributed by atoms with Gasteiger partial charge in [0, 0.05) is 13.1 Å². The van der Waals surface area contributed by atoms with Crippen LogP contribution in [0.25, 0.3) is 0 Å². The number of carboxylic acids is 1. The van der Waals surface area contributed by atoms with E-state index in [0.29, 0.717) is 19.0 Å². The van der Waals surface area contributed by atoms with Gasteiger partial charge in [0.2, 0.25) is 0 Å². The Bertz CT molecular complexity index is 341. The molecule has 0 atom stereocenters.